The van der Waals surface area contributed by atoms with Gasteiger partial charge in [0.15, 0.2) is 0 Å². The Morgan fingerprint density at radius 2 is 1.41 bits per heavy atom. The highest BCUT2D eigenvalue weighted by Crippen LogP contribution is 2.35. The van der Waals surface area contributed by atoms with Crippen molar-refractivity contribution >= 4 is 55.5 Å². The van der Waals surface area contributed by atoms with Crippen LogP contribution in [0.3, 0.4) is 0 Å². The van der Waals surface area contributed by atoms with Crippen LogP contribution in [-0.2, 0) is 9.84 Å². The van der Waals surface area contributed by atoms with Gasteiger partial charge in [0.25, 0.3) is 0 Å². The predicted molar refractivity (Wildman–Crippen MR) is 114 cm³/mol. The molecule has 0 aliphatic heterocycles. The molecule has 0 atom stereocenters. The summed E-state index contributed by atoms with van der Waals surface area (Å²) in [5, 5.41) is 1.23. The van der Waals surface area contributed by atoms with Gasteiger partial charge in [-0.05, 0) is 54.6 Å². The quantitative estimate of drug-likeness (QED) is 0.332. The van der Waals surface area contributed by atoms with Crippen molar-refractivity contribution < 1.29 is 12.8 Å². The second-order valence-electron chi connectivity index (χ2n) is 6.29. The van der Waals surface area contributed by atoms with Crippen molar-refractivity contribution in [3.05, 3.63) is 87.6 Å². The summed E-state index contributed by atoms with van der Waals surface area (Å²) < 4.78 is 40.6. The monoisotopic (exact) mass is 465 g/mol. The SMILES string of the molecule is O=S(=O)(c1cc(Cl)cc(Cl)c1)c1cc2cc(F)ccc2nc1-c1ccc(Cl)cc1. The van der Waals surface area contributed by atoms with Gasteiger partial charge < -0.3 is 0 Å². The molecule has 0 aliphatic carbocycles. The highest BCUT2D eigenvalue weighted by atomic mass is 35.5. The summed E-state index contributed by atoms with van der Waals surface area (Å²) in [6.07, 6.45) is 0. The molecule has 29 heavy (non-hydrogen) atoms. The summed E-state index contributed by atoms with van der Waals surface area (Å²) in [6, 6.07) is 16.1. The maximum Gasteiger partial charge on any atom is 0.208 e. The topological polar surface area (TPSA) is 47.0 Å². The van der Waals surface area contributed by atoms with Crippen LogP contribution >= 0.6 is 34.8 Å². The normalized spacial score (nSPS) is 11.7. The van der Waals surface area contributed by atoms with Crippen molar-refractivity contribution in [2.75, 3.05) is 0 Å². The molecular formula is C21H11Cl3FNO2S. The lowest BCUT2D eigenvalue weighted by Gasteiger charge is -2.13. The molecule has 4 aromatic rings. The lowest BCUT2D eigenvalue weighted by molar-refractivity contribution is 0.596. The van der Waals surface area contributed by atoms with Gasteiger partial charge in [0.05, 0.1) is 21.0 Å². The van der Waals surface area contributed by atoms with E-state index in [-0.39, 0.29) is 25.5 Å². The molecule has 3 aromatic carbocycles. The Balaban J connectivity index is 2.05. The molecule has 146 valence electrons. The van der Waals surface area contributed by atoms with Crippen LogP contribution in [0.15, 0.2) is 76.5 Å². The van der Waals surface area contributed by atoms with Gasteiger partial charge in [-0.1, -0.05) is 46.9 Å². The lowest BCUT2D eigenvalue weighted by atomic mass is 10.1. The second kappa shape index (κ2) is 7.58. The van der Waals surface area contributed by atoms with E-state index in [4.69, 9.17) is 34.8 Å². The zero-order valence-corrected chi connectivity index (χ0v) is 17.6. The molecule has 1 aromatic heterocycles. The number of benzene rings is 3. The van der Waals surface area contributed by atoms with Crippen molar-refractivity contribution in [1.29, 1.82) is 0 Å². The Bertz CT molecular complexity index is 1340. The Hall–Kier alpha value is -2.18. The first kappa shape index (κ1) is 20.1. The van der Waals surface area contributed by atoms with E-state index in [0.717, 1.165) is 0 Å². The van der Waals surface area contributed by atoms with E-state index in [0.29, 0.717) is 21.5 Å². The van der Waals surface area contributed by atoms with Gasteiger partial charge >= 0.3 is 0 Å². The minimum atomic E-state index is -4.06. The number of sulfone groups is 1. The van der Waals surface area contributed by atoms with Crippen LogP contribution in [0.25, 0.3) is 22.2 Å². The Morgan fingerprint density at radius 3 is 2.07 bits per heavy atom. The summed E-state index contributed by atoms with van der Waals surface area (Å²) >= 11 is 18.0. The van der Waals surface area contributed by atoms with Crippen LogP contribution in [0.4, 0.5) is 4.39 Å². The third-order valence-corrected chi connectivity index (χ3v) is 6.73. The predicted octanol–water partition coefficient (Wildman–Crippen LogP) is 6.83. The number of nitrogens with zero attached hydrogens (tertiary/aromatic N) is 1. The molecular weight excluding hydrogens is 456 g/mol. The summed E-state index contributed by atoms with van der Waals surface area (Å²) in [7, 11) is -4.06. The molecule has 0 unspecified atom stereocenters. The smallest absolute Gasteiger partial charge is 0.208 e. The average molecular weight is 467 g/mol. The van der Waals surface area contributed by atoms with Crippen molar-refractivity contribution in [3.8, 4) is 11.3 Å². The minimum Gasteiger partial charge on any atom is -0.246 e. The molecule has 8 heteroatoms. The molecule has 1 heterocycles. The standard InChI is InChI=1S/C21H11Cl3FNO2S/c22-14-3-1-12(2-4-14)21-20(8-13-7-17(25)5-6-19(13)26-21)29(27,28)18-10-15(23)9-16(24)11-18/h1-11H. The maximum absolute atomic E-state index is 13.7. The zero-order valence-electron chi connectivity index (χ0n) is 14.5. The highest BCUT2D eigenvalue weighted by Gasteiger charge is 2.25. The summed E-state index contributed by atoms with van der Waals surface area (Å²) in [5.74, 6) is -0.493. The van der Waals surface area contributed by atoms with Gasteiger partial charge in [-0.15, -0.1) is 0 Å². The van der Waals surface area contributed by atoms with Crippen molar-refractivity contribution in [3.63, 3.8) is 0 Å². The second-order valence-corrected chi connectivity index (χ2v) is 9.52. The molecule has 0 aliphatic rings. The fourth-order valence-electron chi connectivity index (χ4n) is 2.96. The van der Waals surface area contributed by atoms with E-state index in [1.807, 2.05) is 0 Å². The number of rotatable bonds is 3. The fraction of sp³-hybridized carbons (Fsp3) is 0. The average Bonchev–Trinajstić information content (AvgIpc) is 2.67. The minimum absolute atomic E-state index is 0.0808. The first-order chi connectivity index (χ1) is 13.7. The number of halogens is 4. The Morgan fingerprint density at radius 1 is 0.759 bits per heavy atom. The maximum atomic E-state index is 13.7. The largest absolute Gasteiger partial charge is 0.246 e. The molecule has 0 bridgehead atoms. The summed E-state index contributed by atoms with van der Waals surface area (Å²) in [6.45, 7) is 0. The molecule has 0 radical (unpaired) electrons. The van der Waals surface area contributed by atoms with Gasteiger partial charge in [0, 0.05) is 26.0 Å². The number of fused-ring (bicyclic) bond motifs is 1. The lowest BCUT2D eigenvalue weighted by Crippen LogP contribution is -2.06. The molecule has 0 saturated heterocycles. The molecule has 0 spiro atoms. The van der Waals surface area contributed by atoms with E-state index in [1.54, 1.807) is 24.3 Å². The first-order valence-corrected chi connectivity index (χ1v) is 10.9. The van der Waals surface area contributed by atoms with Gasteiger partial charge in [0.1, 0.15) is 5.82 Å². The van der Waals surface area contributed by atoms with Crippen LogP contribution in [-0.4, -0.2) is 13.4 Å². The third-order valence-electron chi connectivity index (χ3n) is 4.30. The third kappa shape index (κ3) is 3.96. The zero-order chi connectivity index (χ0) is 20.8. The van der Waals surface area contributed by atoms with Crippen LogP contribution < -0.4 is 0 Å². The van der Waals surface area contributed by atoms with E-state index in [1.165, 1.54) is 42.5 Å². The highest BCUT2D eigenvalue weighted by molar-refractivity contribution is 7.91. The fourth-order valence-corrected chi connectivity index (χ4v) is 5.26. The summed E-state index contributed by atoms with van der Waals surface area (Å²) in [5.41, 5.74) is 1.23. The van der Waals surface area contributed by atoms with E-state index < -0.39 is 15.7 Å². The van der Waals surface area contributed by atoms with Gasteiger partial charge in [0.2, 0.25) is 9.84 Å². The Labute approximate surface area is 181 Å². The Kier molecular flexibility index (Phi) is 5.25. The summed E-state index contributed by atoms with van der Waals surface area (Å²) in [4.78, 5) is 4.33. The molecule has 0 N–H and O–H groups in total. The molecule has 3 nitrogen and oxygen atoms in total. The van der Waals surface area contributed by atoms with Gasteiger partial charge in [-0.2, -0.15) is 0 Å². The van der Waals surface area contributed by atoms with Gasteiger partial charge in [-0.3, -0.25) is 0 Å². The number of aromatic nitrogens is 1. The molecule has 4 rings (SSSR count). The molecule has 0 saturated carbocycles. The van der Waals surface area contributed by atoms with E-state index >= 15 is 0 Å². The van der Waals surface area contributed by atoms with E-state index in [2.05, 4.69) is 4.98 Å². The number of pyridine rings is 1. The first-order valence-electron chi connectivity index (χ1n) is 8.31. The number of hydrogen-bond acceptors (Lipinski definition) is 3. The van der Waals surface area contributed by atoms with Crippen LogP contribution in [0, 0.1) is 5.82 Å². The van der Waals surface area contributed by atoms with E-state index in [9.17, 15) is 12.8 Å². The molecule has 0 fully saturated rings. The van der Waals surface area contributed by atoms with Crippen LogP contribution in [0.2, 0.25) is 15.1 Å². The number of hydrogen-bond donors (Lipinski definition) is 0. The van der Waals surface area contributed by atoms with Gasteiger partial charge in [-0.25, -0.2) is 17.8 Å². The van der Waals surface area contributed by atoms with Crippen LogP contribution in [0.1, 0.15) is 0 Å². The van der Waals surface area contributed by atoms with Crippen LogP contribution in [0.5, 0.6) is 0 Å². The van der Waals surface area contributed by atoms with Crippen molar-refractivity contribution in [2.24, 2.45) is 0 Å². The molecule has 0 amide bonds. The van der Waals surface area contributed by atoms with Crippen molar-refractivity contribution in [2.45, 2.75) is 9.79 Å². The van der Waals surface area contributed by atoms with Crippen molar-refractivity contribution in [1.82, 2.24) is 4.98 Å².